The molecule has 13 aromatic rings. The number of nitrogens with zero attached hydrogens (tertiary/aromatic N) is 2. The summed E-state index contributed by atoms with van der Waals surface area (Å²) in [6, 6.07) is 79.8. The largest absolute Gasteiger partial charge is 0.456 e. The Labute approximate surface area is 417 Å². The number of hydrogen-bond donors (Lipinski definition) is 0. The number of para-hydroxylation sites is 2. The van der Waals surface area contributed by atoms with Crippen molar-refractivity contribution >= 4 is 99.5 Å². The normalized spacial score (nSPS) is 14.1. The lowest BCUT2D eigenvalue weighted by Crippen LogP contribution is -2.16. The van der Waals surface area contributed by atoms with Crippen molar-refractivity contribution in [3.63, 3.8) is 0 Å². The van der Waals surface area contributed by atoms with Gasteiger partial charge in [-0.3, -0.25) is 0 Å². The van der Waals surface area contributed by atoms with Crippen LogP contribution in [0.1, 0.15) is 49.9 Å². The third-order valence-corrected chi connectivity index (χ3v) is 16.1. The smallest absolute Gasteiger partial charge is 0.139 e. The van der Waals surface area contributed by atoms with Gasteiger partial charge in [-0.25, -0.2) is 0 Å². The molecule has 0 saturated heterocycles. The maximum absolute atomic E-state index is 6.75. The van der Waals surface area contributed by atoms with Crippen LogP contribution in [0, 0.1) is 0 Å². The monoisotopic (exact) mass is 924 g/mol. The molecule has 342 valence electrons. The second-order valence-corrected chi connectivity index (χ2v) is 20.9. The van der Waals surface area contributed by atoms with E-state index in [0.29, 0.717) is 0 Å². The summed E-state index contributed by atoms with van der Waals surface area (Å²) in [6.07, 6.45) is 0. The number of furan rings is 2. The summed E-state index contributed by atoms with van der Waals surface area (Å²) in [5, 5.41) is 8.87. The predicted octanol–water partition coefficient (Wildman–Crippen LogP) is 19.3. The van der Waals surface area contributed by atoms with Gasteiger partial charge in [-0.05, 0) is 146 Å². The standard InChI is InChI=1S/C68H48N2O2/c1-67(2)55-23-13-11-21-49(55)65-57(67)25-15-27-59(65)69(45-17-7-5-8-18-45)47-31-29-41-35-51-53-39-54-52-36-42-30-32-48(34-44(42)38-62(52)72-64(54)40-63(53)71-61(51)37-43(41)33-47)70(46-19-9-6-10-20-46)60-28-16-26-58-66(60)50-22-12-14-24-56(50)68(58,3)4/h5-40H,1-4H3. The molecule has 0 atom stereocenters. The Morgan fingerprint density at radius 2 is 0.681 bits per heavy atom. The van der Waals surface area contributed by atoms with Gasteiger partial charge in [-0.2, -0.15) is 0 Å². The SMILES string of the molecule is CC1(C)c2ccccc2-c2c(N(c3ccccc3)c3ccc4cc5c(cc4c3)oc3cc4oc6cc7cc(N(c8ccccc8)c8cccc9c8-c8ccccc8C9(C)C)ccc7cc6c4cc35)cccc21. The first-order valence-corrected chi connectivity index (χ1v) is 25.1. The van der Waals surface area contributed by atoms with Gasteiger partial charge in [0.05, 0.1) is 11.4 Å². The molecule has 0 unspecified atom stereocenters. The van der Waals surface area contributed by atoms with E-state index >= 15 is 0 Å². The van der Waals surface area contributed by atoms with E-state index in [9.17, 15) is 0 Å². The predicted molar refractivity (Wildman–Crippen MR) is 301 cm³/mol. The highest BCUT2D eigenvalue weighted by Crippen LogP contribution is 2.56. The minimum atomic E-state index is -0.104. The van der Waals surface area contributed by atoms with Crippen LogP contribution >= 0.6 is 0 Å². The van der Waals surface area contributed by atoms with Crippen LogP contribution < -0.4 is 9.80 Å². The molecule has 0 amide bonds. The van der Waals surface area contributed by atoms with Crippen LogP contribution in [0.25, 0.3) is 87.7 Å². The molecule has 11 aromatic carbocycles. The highest BCUT2D eigenvalue weighted by Gasteiger charge is 2.39. The Balaban J connectivity index is 0.833. The lowest BCUT2D eigenvalue weighted by atomic mass is 9.82. The molecule has 72 heavy (non-hydrogen) atoms. The van der Waals surface area contributed by atoms with Crippen LogP contribution in [-0.4, -0.2) is 0 Å². The fraction of sp³-hybridized carbons (Fsp3) is 0.0882. The zero-order valence-electron chi connectivity index (χ0n) is 40.5. The van der Waals surface area contributed by atoms with Crippen molar-refractivity contribution in [2.45, 2.75) is 38.5 Å². The minimum absolute atomic E-state index is 0.104. The maximum Gasteiger partial charge on any atom is 0.139 e. The Morgan fingerprint density at radius 1 is 0.292 bits per heavy atom. The first kappa shape index (κ1) is 41.0. The molecule has 0 N–H and O–H groups in total. The lowest BCUT2D eigenvalue weighted by Gasteiger charge is -2.29. The molecule has 2 aliphatic carbocycles. The third-order valence-electron chi connectivity index (χ3n) is 16.1. The molecule has 0 bridgehead atoms. The van der Waals surface area contributed by atoms with Gasteiger partial charge in [0.2, 0.25) is 0 Å². The van der Waals surface area contributed by atoms with E-state index in [1.165, 1.54) is 55.9 Å². The molecule has 2 aromatic heterocycles. The van der Waals surface area contributed by atoms with Crippen LogP contribution in [0.4, 0.5) is 34.1 Å². The molecule has 2 heterocycles. The molecule has 15 rings (SSSR count). The van der Waals surface area contributed by atoms with Crippen molar-refractivity contribution in [2.75, 3.05) is 9.80 Å². The quantitative estimate of drug-likeness (QED) is 0.166. The Hall–Kier alpha value is -8.86. The molecule has 4 heteroatoms. The summed E-state index contributed by atoms with van der Waals surface area (Å²) in [7, 11) is 0. The van der Waals surface area contributed by atoms with Gasteiger partial charge in [0.15, 0.2) is 0 Å². The molecular formula is C68H48N2O2. The lowest BCUT2D eigenvalue weighted by molar-refractivity contribution is 0.656. The molecule has 0 aliphatic heterocycles. The summed E-state index contributed by atoms with van der Waals surface area (Å²) >= 11 is 0. The van der Waals surface area contributed by atoms with Crippen LogP contribution in [0.3, 0.4) is 0 Å². The van der Waals surface area contributed by atoms with Crippen molar-refractivity contribution in [2.24, 2.45) is 0 Å². The van der Waals surface area contributed by atoms with Gasteiger partial charge in [0.1, 0.15) is 22.3 Å². The van der Waals surface area contributed by atoms with E-state index in [1.807, 2.05) is 0 Å². The van der Waals surface area contributed by atoms with Gasteiger partial charge in [0, 0.05) is 72.3 Å². The van der Waals surface area contributed by atoms with E-state index in [0.717, 1.165) is 88.2 Å². The van der Waals surface area contributed by atoms with Crippen LogP contribution in [-0.2, 0) is 10.8 Å². The van der Waals surface area contributed by atoms with Crippen molar-refractivity contribution in [1.29, 1.82) is 0 Å². The second-order valence-electron chi connectivity index (χ2n) is 20.9. The summed E-state index contributed by atoms with van der Waals surface area (Å²) in [6.45, 7) is 9.37. The highest BCUT2D eigenvalue weighted by molar-refractivity contribution is 6.19. The first-order valence-electron chi connectivity index (χ1n) is 25.1. The van der Waals surface area contributed by atoms with Crippen LogP contribution in [0.15, 0.2) is 227 Å². The molecule has 0 fully saturated rings. The van der Waals surface area contributed by atoms with E-state index in [-0.39, 0.29) is 10.8 Å². The van der Waals surface area contributed by atoms with E-state index in [4.69, 9.17) is 8.83 Å². The average Bonchev–Trinajstić information content (AvgIpc) is 4.08. The van der Waals surface area contributed by atoms with Crippen LogP contribution in [0.2, 0.25) is 0 Å². The number of anilines is 6. The summed E-state index contributed by atoms with van der Waals surface area (Å²) in [5.74, 6) is 0. The summed E-state index contributed by atoms with van der Waals surface area (Å²) < 4.78 is 13.5. The highest BCUT2D eigenvalue weighted by atomic mass is 16.3. The molecular weight excluding hydrogens is 877 g/mol. The van der Waals surface area contributed by atoms with E-state index in [1.54, 1.807) is 0 Å². The molecule has 2 aliphatic rings. The fourth-order valence-corrected chi connectivity index (χ4v) is 12.6. The summed E-state index contributed by atoms with van der Waals surface area (Å²) in [5.41, 5.74) is 20.5. The Morgan fingerprint density at radius 3 is 1.14 bits per heavy atom. The average molecular weight is 925 g/mol. The molecule has 0 spiro atoms. The maximum atomic E-state index is 6.75. The number of hydrogen-bond acceptors (Lipinski definition) is 4. The molecule has 0 radical (unpaired) electrons. The van der Waals surface area contributed by atoms with Gasteiger partial charge < -0.3 is 18.6 Å². The first-order chi connectivity index (χ1) is 35.2. The number of benzene rings is 11. The van der Waals surface area contributed by atoms with Crippen molar-refractivity contribution in [1.82, 2.24) is 0 Å². The van der Waals surface area contributed by atoms with Crippen molar-refractivity contribution < 1.29 is 8.83 Å². The van der Waals surface area contributed by atoms with E-state index in [2.05, 4.69) is 256 Å². The number of rotatable bonds is 6. The topological polar surface area (TPSA) is 32.8 Å². The number of fused-ring (bicyclic) bond motifs is 14. The minimum Gasteiger partial charge on any atom is -0.456 e. The van der Waals surface area contributed by atoms with Gasteiger partial charge in [-0.1, -0.05) is 149 Å². The van der Waals surface area contributed by atoms with Crippen molar-refractivity contribution in [3.8, 4) is 22.3 Å². The third kappa shape index (κ3) is 5.81. The molecule has 0 saturated carbocycles. The Kier molecular flexibility index (Phi) is 8.44. The van der Waals surface area contributed by atoms with E-state index < -0.39 is 0 Å². The van der Waals surface area contributed by atoms with Gasteiger partial charge >= 0.3 is 0 Å². The second kappa shape index (κ2) is 14.8. The van der Waals surface area contributed by atoms with Gasteiger partial charge in [0.25, 0.3) is 0 Å². The zero-order chi connectivity index (χ0) is 48.0. The summed E-state index contributed by atoms with van der Waals surface area (Å²) in [4.78, 5) is 4.83. The molecule has 4 nitrogen and oxygen atoms in total. The van der Waals surface area contributed by atoms with Crippen LogP contribution in [0.5, 0.6) is 0 Å². The fourth-order valence-electron chi connectivity index (χ4n) is 12.6. The Bertz CT molecular complexity index is 4120. The van der Waals surface area contributed by atoms with Gasteiger partial charge in [-0.15, -0.1) is 0 Å². The van der Waals surface area contributed by atoms with Crippen molar-refractivity contribution in [3.05, 3.63) is 241 Å². The zero-order valence-corrected chi connectivity index (χ0v) is 40.5.